The lowest BCUT2D eigenvalue weighted by molar-refractivity contribution is -0.136. The third-order valence-corrected chi connectivity index (χ3v) is 2.66. The summed E-state index contributed by atoms with van der Waals surface area (Å²) in [5, 5.41) is 16.9. The van der Waals surface area contributed by atoms with Gasteiger partial charge in [-0.15, -0.1) is 5.10 Å². The molecule has 88 valence electrons. The van der Waals surface area contributed by atoms with Gasteiger partial charge in [0.2, 0.25) is 0 Å². The number of halogens is 1. The monoisotopic (exact) mass is 251 g/mol. The lowest BCUT2D eigenvalue weighted by Gasteiger charge is -2.09. The Kier molecular flexibility index (Phi) is 3.10. The lowest BCUT2D eigenvalue weighted by atomic mass is 10.2. The average molecular weight is 252 g/mol. The van der Waals surface area contributed by atoms with Crippen LogP contribution in [-0.2, 0) is 11.2 Å². The predicted octanol–water partition coefficient (Wildman–Crippen LogP) is 1.86. The zero-order valence-corrected chi connectivity index (χ0v) is 9.85. The van der Waals surface area contributed by atoms with Crippen molar-refractivity contribution in [2.45, 2.75) is 13.3 Å². The first-order chi connectivity index (χ1) is 8.09. The van der Waals surface area contributed by atoms with Crippen molar-refractivity contribution in [3.8, 4) is 5.69 Å². The molecule has 0 atom stereocenters. The van der Waals surface area contributed by atoms with E-state index in [2.05, 4.69) is 10.3 Å². The van der Waals surface area contributed by atoms with E-state index >= 15 is 0 Å². The van der Waals surface area contributed by atoms with Crippen LogP contribution in [0.5, 0.6) is 0 Å². The Morgan fingerprint density at radius 1 is 1.53 bits per heavy atom. The molecule has 0 aliphatic carbocycles. The van der Waals surface area contributed by atoms with Gasteiger partial charge in [-0.05, 0) is 18.6 Å². The molecule has 1 aromatic carbocycles. The Morgan fingerprint density at radius 2 is 2.29 bits per heavy atom. The third-order valence-electron chi connectivity index (χ3n) is 2.35. The molecule has 0 aliphatic heterocycles. The Morgan fingerprint density at radius 3 is 2.94 bits per heavy atom. The maximum atomic E-state index is 10.7. The van der Waals surface area contributed by atoms with Crippen molar-refractivity contribution in [3.63, 3.8) is 0 Å². The zero-order valence-electron chi connectivity index (χ0n) is 9.09. The molecular formula is C11H10ClN3O2. The molecule has 17 heavy (non-hydrogen) atoms. The normalized spacial score (nSPS) is 10.5. The van der Waals surface area contributed by atoms with E-state index in [9.17, 15) is 4.79 Å². The molecule has 0 radical (unpaired) electrons. The van der Waals surface area contributed by atoms with Crippen LogP contribution in [0.1, 0.15) is 11.3 Å². The number of hydrogen-bond donors (Lipinski definition) is 1. The van der Waals surface area contributed by atoms with Crippen LogP contribution in [0.3, 0.4) is 0 Å². The summed E-state index contributed by atoms with van der Waals surface area (Å²) in [6.07, 6.45) is 1.29. The molecule has 2 aromatic rings. The molecule has 5 nitrogen and oxygen atoms in total. The Labute approximate surface area is 103 Å². The number of aryl methyl sites for hydroxylation is 1. The predicted molar refractivity (Wildman–Crippen MR) is 62.4 cm³/mol. The fourth-order valence-corrected chi connectivity index (χ4v) is 1.91. The molecule has 0 fully saturated rings. The number of hydrogen-bond acceptors (Lipinski definition) is 3. The van der Waals surface area contributed by atoms with Gasteiger partial charge in [0.05, 0.1) is 29.0 Å². The van der Waals surface area contributed by atoms with Crippen LogP contribution in [0, 0.1) is 6.92 Å². The van der Waals surface area contributed by atoms with Crippen molar-refractivity contribution >= 4 is 17.6 Å². The van der Waals surface area contributed by atoms with Crippen molar-refractivity contribution in [2.75, 3.05) is 0 Å². The summed E-state index contributed by atoms with van der Waals surface area (Å²) in [7, 11) is 0. The molecule has 2 rings (SSSR count). The molecular weight excluding hydrogens is 242 g/mol. The summed E-state index contributed by atoms with van der Waals surface area (Å²) < 4.78 is 1.46. The van der Waals surface area contributed by atoms with Gasteiger partial charge < -0.3 is 5.11 Å². The van der Waals surface area contributed by atoms with Crippen LogP contribution in [-0.4, -0.2) is 26.1 Å². The second-order valence-corrected chi connectivity index (χ2v) is 4.02. The van der Waals surface area contributed by atoms with Crippen molar-refractivity contribution in [1.82, 2.24) is 15.0 Å². The van der Waals surface area contributed by atoms with Crippen LogP contribution in [0.2, 0.25) is 5.02 Å². The molecule has 1 N–H and O–H groups in total. The highest BCUT2D eigenvalue weighted by Crippen LogP contribution is 2.24. The molecule has 0 aliphatic rings. The topological polar surface area (TPSA) is 68.0 Å². The number of benzene rings is 1. The molecule has 1 aromatic heterocycles. The van der Waals surface area contributed by atoms with Gasteiger partial charge in [0.15, 0.2) is 0 Å². The molecule has 0 bridgehead atoms. The van der Waals surface area contributed by atoms with E-state index in [1.807, 2.05) is 19.1 Å². The molecule has 0 saturated heterocycles. The number of carboxylic acids is 1. The number of aromatic nitrogens is 3. The van der Waals surface area contributed by atoms with E-state index in [1.54, 1.807) is 6.07 Å². The maximum Gasteiger partial charge on any atom is 0.309 e. The molecule has 0 unspecified atom stereocenters. The minimum Gasteiger partial charge on any atom is -0.481 e. The second-order valence-electron chi connectivity index (χ2n) is 3.61. The van der Waals surface area contributed by atoms with Gasteiger partial charge in [-0.25, -0.2) is 4.68 Å². The molecule has 0 spiro atoms. The summed E-state index contributed by atoms with van der Waals surface area (Å²) in [5.74, 6) is -0.932. The van der Waals surface area contributed by atoms with Gasteiger partial charge in [-0.3, -0.25) is 4.79 Å². The fourth-order valence-electron chi connectivity index (χ4n) is 1.61. The SMILES string of the molecule is Cc1cccc(Cl)c1-n1nncc1CC(=O)O. The quantitative estimate of drug-likeness (QED) is 0.904. The highest BCUT2D eigenvalue weighted by molar-refractivity contribution is 6.32. The number of carbonyl (C=O) groups is 1. The van der Waals surface area contributed by atoms with E-state index in [1.165, 1.54) is 10.9 Å². The van der Waals surface area contributed by atoms with Gasteiger partial charge in [-0.1, -0.05) is 28.9 Å². The zero-order chi connectivity index (χ0) is 12.4. The standard InChI is InChI=1S/C11H10ClN3O2/c1-7-3-2-4-9(12)11(7)15-8(5-10(16)17)6-13-14-15/h2-4,6H,5H2,1H3,(H,16,17). The van der Waals surface area contributed by atoms with Crippen molar-refractivity contribution < 1.29 is 9.90 Å². The van der Waals surface area contributed by atoms with Crippen LogP contribution in [0.25, 0.3) is 5.69 Å². The van der Waals surface area contributed by atoms with E-state index in [4.69, 9.17) is 16.7 Å². The van der Waals surface area contributed by atoms with E-state index in [-0.39, 0.29) is 6.42 Å². The van der Waals surface area contributed by atoms with Gasteiger partial charge in [0.1, 0.15) is 0 Å². The summed E-state index contributed by atoms with van der Waals surface area (Å²) in [5.41, 5.74) is 2.08. The number of aliphatic carboxylic acids is 1. The summed E-state index contributed by atoms with van der Waals surface area (Å²) in [4.78, 5) is 10.7. The first kappa shape index (κ1) is 11.6. The van der Waals surface area contributed by atoms with E-state index in [0.717, 1.165) is 5.56 Å². The van der Waals surface area contributed by atoms with Crippen molar-refractivity contribution in [1.29, 1.82) is 0 Å². The number of para-hydroxylation sites is 1. The highest BCUT2D eigenvalue weighted by atomic mass is 35.5. The Balaban J connectivity index is 2.53. The number of rotatable bonds is 3. The van der Waals surface area contributed by atoms with Crippen LogP contribution < -0.4 is 0 Å². The maximum absolute atomic E-state index is 10.7. The number of nitrogens with zero attached hydrogens (tertiary/aromatic N) is 3. The Bertz CT molecular complexity index is 545. The number of carboxylic acid groups (broad SMARTS) is 1. The largest absolute Gasteiger partial charge is 0.481 e. The van der Waals surface area contributed by atoms with E-state index in [0.29, 0.717) is 16.4 Å². The molecule has 1 heterocycles. The minimum atomic E-state index is -0.932. The highest BCUT2D eigenvalue weighted by Gasteiger charge is 2.14. The summed E-state index contributed by atoms with van der Waals surface area (Å²) >= 11 is 6.09. The first-order valence-electron chi connectivity index (χ1n) is 4.96. The molecule has 6 heteroatoms. The lowest BCUT2D eigenvalue weighted by Crippen LogP contribution is -2.09. The molecule has 0 saturated carbocycles. The Hall–Kier alpha value is -1.88. The third kappa shape index (κ3) is 2.29. The van der Waals surface area contributed by atoms with Crippen molar-refractivity contribution in [2.24, 2.45) is 0 Å². The van der Waals surface area contributed by atoms with Gasteiger partial charge in [0.25, 0.3) is 0 Å². The average Bonchev–Trinajstić information content (AvgIpc) is 2.65. The molecule has 0 amide bonds. The van der Waals surface area contributed by atoms with E-state index < -0.39 is 5.97 Å². The van der Waals surface area contributed by atoms with Gasteiger partial charge in [0, 0.05) is 0 Å². The summed E-state index contributed by atoms with van der Waals surface area (Å²) in [6.45, 7) is 1.88. The van der Waals surface area contributed by atoms with Crippen LogP contribution in [0.4, 0.5) is 0 Å². The fraction of sp³-hybridized carbons (Fsp3) is 0.182. The van der Waals surface area contributed by atoms with Crippen LogP contribution >= 0.6 is 11.6 Å². The van der Waals surface area contributed by atoms with Crippen LogP contribution in [0.15, 0.2) is 24.4 Å². The first-order valence-corrected chi connectivity index (χ1v) is 5.34. The van der Waals surface area contributed by atoms with Crippen molar-refractivity contribution in [3.05, 3.63) is 40.7 Å². The second kappa shape index (κ2) is 4.55. The van der Waals surface area contributed by atoms with Gasteiger partial charge >= 0.3 is 5.97 Å². The van der Waals surface area contributed by atoms with Gasteiger partial charge in [-0.2, -0.15) is 0 Å². The minimum absolute atomic E-state index is 0.141. The summed E-state index contributed by atoms with van der Waals surface area (Å²) in [6, 6.07) is 5.44. The smallest absolute Gasteiger partial charge is 0.309 e.